The van der Waals surface area contributed by atoms with Crippen molar-refractivity contribution in [1.82, 2.24) is 24.7 Å². The number of fused-ring (bicyclic) bond motifs is 1. The topological polar surface area (TPSA) is 77.8 Å². The van der Waals surface area contributed by atoms with Crippen LogP contribution in [0.4, 0.5) is 5.82 Å². The highest BCUT2D eigenvalue weighted by Crippen LogP contribution is 2.47. The first-order chi connectivity index (χ1) is 15.0. The van der Waals surface area contributed by atoms with Crippen LogP contribution in [-0.4, -0.2) is 31.3 Å². The largest absolute Gasteiger partial charge is 0.477 e. The van der Waals surface area contributed by atoms with Gasteiger partial charge >= 0.3 is 0 Å². The van der Waals surface area contributed by atoms with Crippen molar-refractivity contribution >= 4 is 16.7 Å². The molecule has 0 amide bonds. The standard InChI is InChI=1S/C24H26N6O/c1-15-10-19(30(3)29-15)13-25-23-12-24(27-16(2)26-23)31-14-18-11-20(18)22-9-8-17-6-4-5-7-21(17)28-22/h4-10,12,18,20H,11,13-14H2,1-3H3,(H,25,26,27)/t18-,20+/m1/s1. The zero-order valence-corrected chi connectivity index (χ0v) is 18.0. The highest BCUT2D eigenvalue weighted by molar-refractivity contribution is 5.78. The van der Waals surface area contributed by atoms with Gasteiger partial charge in [-0.25, -0.2) is 4.98 Å². The zero-order valence-electron chi connectivity index (χ0n) is 18.0. The summed E-state index contributed by atoms with van der Waals surface area (Å²) in [7, 11) is 1.94. The van der Waals surface area contributed by atoms with Gasteiger partial charge in [-0.3, -0.25) is 9.67 Å². The van der Waals surface area contributed by atoms with E-state index in [9.17, 15) is 0 Å². The van der Waals surface area contributed by atoms with Gasteiger partial charge in [0, 0.05) is 36.0 Å². The number of hydrogen-bond acceptors (Lipinski definition) is 6. The number of hydrogen-bond donors (Lipinski definition) is 1. The number of ether oxygens (including phenoxy) is 1. The molecule has 1 aromatic carbocycles. The molecule has 1 N–H and O–H groups in total. The van der Waals surface area contributed by atoms with Gasteiger partial charge < -0.3 is 10.1 Å². The third kappa shape index (κ3) is 4.35. The summed E-state index contributed by atoms with van der Waals surface area (Å²) in [5, 5.41) is 8.90. The van der Waals surface area contributed by atoms with E-state index in [-0.39, 0.29) is 0 Å². The smallest absolute Gasteiger partial charge is 0.218 e. The first kappa shape index (κ1) is 19.5. The molecule has 158 valence electrons. The van der Waals surface area contributed by atoms with Gasteiger partial charge in [0.2, 0.25) is 5.88 Å². The second-order valence-corrected chi connectivity index (χ2v) is 8.23. The number of pyridine rings is 1. The predicted molar refractivity (Wildman–Crippen MR) is 120 cm³/mol. The number of anilines is 1. The highest BCUT2D eigenvalue weighted by Gasteiger charge is 2.40. The van der Waals surface area contributed by atoms with Gasteiger partial charge in [0.15, 0.2) is 0 Å². The lowest BCUT2D eigenvalue weighted by atomic mass is 10.1. The molecule has 1 aliphatic carbocycles. The summed E-state index contributed by atoms with van der Waals surface area (Å²) in [5.74, 6) is 2.97. The molecule has 0 saturated heterocycles. The predicted octanol–water partition coefficient (Wildman–Crippen LogP) is 4.17. The maximum absolute atomic E-state index is 6.03. The number of rotatable bonds is 7. The molecule has 0 spiro atoms. The number of nitrogens with zero attached hydrogens (tertiary/aromatic N) is 5. The second kappa shape index (κ2) is 7.98. The van der Waals surface area contributed by atoms with E-state index < -0.39 is 0 Å². The number of benzene rings is 1. The molecule has 7 heteroatoms. The lowest BCUT2D eigenvalue weighted by Gasteiger charge is -2.10. The first-order valence-corrected chi connectivity index (χ1v) is 10.6. The van der Waals surface area contributed by atoms with Gasteiger partial charge in [-0.2, -0.15) is 10.1 Å². The van der Waals surface area contributed by atoms with Crippen molar-refractivity contribution in [2.45, 2.75) is 32.7 Å². The monoisotopic (exact) mass is 414 g/mol. The van der Waals surface area contributed by atoms with Gasteiger partial charge in [0.05, 0.1) is 30.1 Å². The minimum absolute atomic E-state index is 0.457. The summed E-state index contributed by atoms with van der Waals surface area (Å²) in [6.45, 7) is 5.15. The molecule has 1 saturated carbocycles. The van der Waals surface area contributed by atoms with Crippen molar-refractivity contribution < 1.29 is 4.74 Å². The van der Waals surface area contributed by atoms with Crippen molar-refractivity contribution in [3.63, 3.8) is 0 Å². The lowest BCUT2D eigenvalue weighted by molar-refractivity contribution is 0.284. The first-order valence-electron chi connectivity index (χ1n) is 10.6. The van der Waals surface area contributed by atoms with E-state index in [1.165, 1.54) is 5.39 Å². The normalized spacial score (nSPS) is 17.6. The van der Waals surface area contributed by atoms with Crippen LogP contribution in [0.3, 0.4) is 0 Å². The van der Waals surface area contributed by atoms with E-state index >= 15 is 0 Å². The van der Waals surface area contributed by atoms with Gasteiger partial charge in [0.1, 0.15) is 11.6 Å². The molecule has 2 atom stereocenters. The van der Waals surface area contributed by atoms with Crippen LogP contribution in [0.2, 0.25) is 0 Å². The van der Waals surface area contributed by atoms with E-state index in [2.05, 4.69) is 50.7 Å². The van der Waals surface area contributed by atoms with Gasteiger partial charge in [0.25, 0.3) is 0 Å². The maximum atomic E-state index is 6.03. The molecule has 0 unspecified atom stereocenters. The molecule has 3 aromatic heterocycles. The Labute approximate surface area is 181 Å². The summed E-state index contributed by atoms with van der Waals surface area (Å²) in [5.41, 5.74) is 4.30. The third-order valence-electron chi connectivity index (χ3n) is 5.73. The van der Waals surface area contributed by atoms with E-state index in [4.69, 9.17) is 9.72 Å². The van der Waals surface area contributed by atoms with Crippen molar-refractivity contribution in [3.8, 4) is 5.88 Å². The molecular weight excluding hydrogens is 388 g/mol. The molecular formula is C24H26N6O. The van der Waals surface area contributed by atoms with Gasteiger partial charge in [-0.05, 0) is 38.5 Å². The Morgan fingerprint density at radius 3 is 2.77 bits per heavy atom. The molecule has 31 heavy (non-hydrogen) atoms. The van der Waals surface area contributed by atoms with E-state index in [0.717, 1.165) is 34.8 Å². The highest BCUT2D eigenvalue weighted by atomic mass is 16.5. The SMILES string of the molecule is Cc1cc(CNc2cc(OC[C@H]3C[C@@H]3c3ccc4ccccc4n3)nc(C)n2)n(C)n1. The van der Waals surface area contributed by atoms with Crippen LogP contribution in [0.1, 0.15) is 35.2 Å². The Morgan fingerprint density at radius 1 is 1.06 bits per heavy atom. The van der Waals surface area contributed by atoms with Crippen LogP contribution in [-0.2, 0) is 13.6 Å². The fraction of sp³-hybridized carbons (Fsp3) is 0.333. The summed E-state index contributed by atoms with van der Waals surface area (Å²) in [6.07, 6.45) is 1.10. The minimum atomic E-state index is 0.457. The molecule has 1 aliphatic rings. The van der Waals surface area contributed by atoms with Crippen molar-refractivity contribution in [1.29, 1.82) is 0 Å². The summed E-state index contributed by atoms with van der Waals surface area (Å²) >= 11 is 0. The molecule has 7 nitrogen and oxygen atoms in total. The van der Waals surface area contributed by atoms with Crippen LogP contribution in [0, 0.1) is 19.8 Å². The third-order valence-corrected chi connectivity index (χ3v) is 5.73. The van der Waals surface area contributed by atoms with Crippen LogP contribution < -0.4 is 10.1 Å². The van der Waals surface area contributed by atoms with E-state index in [0.29, 0.717) is 36.7 Å². The van der Waals surface area contributed by atoms with Crippen molar-refractivity contribution in [2.24, 2.45) is 13.0 Å². The Bertz CT molecular complexity index is 1230. The van der Waals surface area contributed by atoms with Crippen LogP contribution in [0.15, 0.2) is 48.5 Å². The quantitative estimate of drug-likeness (QED) is 0.489. The molecule has 0 radical (unpaired) electrons. The van der Waals surface area contributed by atoms with Gasteiger partial charge in [-0.15, -0.1) is 0 Å². The summed E-state index contributed by atoms with van der Waals surface area (Å²) in [4.78, 5) is 13.8. The summed E-state index contributed by atoms with van der Waals surface area (Å²) < 4.78 is 7.91. The van der Waals surface area contributed by atoms with Crippen molar-refractivity contribution in [3.05, 3.63) is 71.4 Å². The van der Waals surface area contributed by atoms with E-state index in [1.54, 1.807) is 0 Å². The maximum Gasteiger partial charge on any atom is 0.218 e. The fourth-order valence-electron chi connectivity index (χ4n) is 3.99. The number of aryl methyl sites for hydroxylation is 3. The Balaban J connectivity index is 1.20. The average Bonchev–Trinajstić information content (AvgIpc) is 3.46. The van der Waals surface area contributed by atoms with Crippen molar-refractivity contribution in [2.75, 3.05) is 11.9 Å². The molecule has 0 aliphatic heterocycles. The minimum Gasteiger partial charge on any atom is -0.477 e. The Morgan fingerprint density at radius 2 is 1.94 bits per heavy atom. The second-order valence-electron chi connectivity index (χ2n) is 8.23. The van der Waals surface area contributed by atoms with Crippen LogP contribution in [0.25, 0.3) is 10.9 Å². The molecule has 5 rings (SSSR count). The van der Waals surface area contributed by atoms with Crippen LogP contribution in [0.5, 0.6) is 5.88 Å². The Hall–Kier alpha value is -3.48. The Kier molecular flexibility index (Phi) is 5.02. The number of nitrogens with one attached hydrogen (secondary N) is 1. The fourth-order valence-corrected chi connectivity index (χ4v) is 3.99. The van der Waals surface area contributed by atoms with Gasteiger partial charge in [-0.1, -0.05) is 24.3 Å². The molecule has 1 fully saturated rings. The lowest BCUT2D eigenvalue weighted by Crippen LogP contribution is -2.09. The number of aromatic nitrogens is 5. The van der Waals surface area contributed by atoms with E-state index in [1.807, 2.05) is 43.8 Å². The van der Waals surface area contributed by atoms with Crippen LogP contribution >= 0.6 is 0 Å². The summed E-state index contributed by atoms with van der Waals surface area (Å²) in [6, 6.07) is 16.5. The molecule has 3 heterocycles. The average molecular weight is 415 g/mol. The number of para-hydroxylation sites is 1. The molecule has 0 bridgehead atoms. The molecule has 4 aromatic rings. The zero-order chi connectivity index (χ0) is 21.4.